The molecular weight excluding hydrogens is 336 g/mol. The Morgan fingerprint density at radius 1 is 0.789 bits per heavy atom. The van der Waals surface area contributed by atoms with Crippen molar-refractivity contribution < 1.29 is 8.78 Å². The van der Waals surface area contributed by atoms with Crippen LogP contribution in [-0.2, 0) is 0 Å². The Bertz CT molecular complexity index is 626. The highest BCUT2D eigenvalue weighted by Gasteiger charge is 2.15. The van der Waals surface area contributed by atoms with Crippen LogP contribution in [0, 0.1) is 0 Å². The maximum Gasteiger partial charge on any atom is 0.265 e. The third-order valence-electron chi connectivity index (χ3n) is 2.58. The van der Waals surface area contributed by atoms with Crippen molar-refractivity contribution in [3.63, 3.8) is 0 Å². The first-order valence-corrected chi connectivity index (χ1v) is 6.64. The summed E-state index contributed by atoms with van der Waals surface area (Å²) in [4.78, 5) is 0. The van der Waals surface area contributed by atoms with Gasteiger partial charge in [0.2, 0.25) is 0 Å². The van der Waals surface area contributed by atoms with Gasteiger partial charge in [0.15, 0.2) is 0 Å². The average Bonchev–Trinajstić information content (AvgIpc) is 2.35. The molecule has 0 unspecified atom stereocenters. The second-order valence-electron chi connectivity index (χ2n) is 3.76. The first kappa shape index (κ1) is 14.9. The second-order valence-corrected chi connectivity index (χ2v) is 5.33. The van der Waals surface area contributed by atoms with E-state index in [4.69, 9.17) is 46.4 Å². The van der Waals surface area contributed by atoms with Gasteiger partial charge in [-0.1, -0.05) is 64.6 Å². The smallest absolute Gasteiger partial charge is 0.205 e. The fraction of sp³-hybridized carbons (Fsp3) is 0.0769. The molecule has 0 aliphatic carbocycles. The van der Waals surface area contributed by atoms with E-state index in [0.29, 0.717) is 16.1 Å². The van der Waals surface area contributed by atoms with Crippen LogP contribution in [0.4, 0.5) is 8.78 Å². The molecule has 0 N–H and O–H groups in total. The molecule has 19 heavy (non-hydrogen) atoms. The van der Waals surface area contributed by atoms with Crippen LogP contribution in [0.2, 0.25) is 20.1 Å². The molecule has 2 aromatic carbocycles. The monoisotopic (exact) mass is 340 g/mol. The van der Waals surface area contributed by atoms with Crippen LogP contribution in [0.25, 0.3) is 11.1 Å². The van der Waals surface area contributed by atoms with Gasteiger partial charge in [0.25, 0.3) is 6.43 Å². The molecule has 0 amide bonds. The van der Waals surface area contributed by atoms with Crippen LogP contribution in [0.3, 0.4) is 0 Å². The summed E-state index contributed by atoms with van der Waals surface area (Å²) in [6, 6.07) is 7.44. The molecule has 0 nitrogen and oxygen atoms in total. The standard InChI is InChI=1S/C13H6Cl4F2/c14-9-4-3-7(11(16)12(9)17)6-1-2-8(13(18)19)10(15)5-6/h1-5,13H. The Kier molecular flexibility index (Phi) is 4.57. The second kappa shape index (κ2) is 5.84. The van der Waals surface area contributed by atoms with Gasteiger partial charge in [0.1, 0.15) is 0 Å². The van der Waals surface area contributed by atoms with Crippen LogP contribution in [0.5, 0.6) is 0 Å². The molecule has 0 heterocycles. The van der Waals surface area contributed by atoms with Gasteiger partial charge in [-0.3, -0.25) is 0 Å². The van der Waals surface area contributed by atoms with Crippen molar-refractivity contribution in [2.24, 2.45) is 0 Å². The molecule has 0 bridgehead atoms. The van der Waals surface area contributed by atoms with E-state index in [9.17, 15) is 8.78 Å². The quantitative estimate of drug-likeness (QED) is 0.521. The number of alkyl halides is 2. The van der Waals surface area contributed by atoms with E-state index in [1.54, 1.807) is 12.1 Å². The lowest BCUT2D eigenvalue weighted by Gasteiger charge is -2.10. The van der Waals surface area contributed by atoms with Crippen LogP contribution in [-0.4, -0.2) is 0 Å². The maximum atomic E-state index is 12.6. The van der Waals surface area contributed by atoms with Gasteiger partial charge >= 0.3 is 0 Å². The molecule has 0 aliphatic heterocycles. The van der Waals surface area contributed by atoms with Crippen molar-refractivity contribution in [3.05, 3.63) is 56.0 Å². The molecule has 0 atom stereocenters. The topological polar surface area (TPSA) is 0 Å². The van der Waals surface area contributed by atoms with Gasteiger partial charge in [-0.25, -0.2) is 8.78 Å². The van der Waals surface area contributed by atoms with Crippen molar-refractivity contribution in [3.8, 4) is 11.1 Å². The predicted octanol–water partition coefficient (Wildman–Crippen LogP) is 6.90. The van der Waals surface area contributed by atoms with E-state index in [1.807, 2.05) is 0 Å². The molecule has 0 aromatic heterocycles. The lowest BCUT2D eigenvalue weighted by molar-refractivity contribution is 0.151. The predicted molar refractivity (Wildman–Crippen MR) is 76.9 cm³/mol. The highest BCUT2D eigenvalue weighted by molar-refractivity contribution is 6.49. The van der Waals surface area contributed by atoms with Crippen LogP contribution >= 0.6 is 46.4 Å². The summed E-state index contributed by atoms with van der Waals surface area (Å²) in [5.41, 5.74) is 0.957. The van der Waals surface area contributed by atoms with Gasteiger partial charge in [-0.2, -0.15) is 0 Å². The number of hydrogen-bond acceptors (Lipinski definition) is 0. The summed E-state index contributed by atoms with van der Waals surface area (Å²) in [6.45, 7) is 0. The lowest BCUT2D eigenvalue weighted by Crippen LogP contribution is -1.88. The molecule has 0 aliphatic rings. The Labute approximate surface area is 128 Å². The summed E-state index contributed by atoms with van der Waals surface area (Å²) in [5, 5.41) is 0.783. The molecule has 2 rings (SSSR count). The normalized spacial score (nSPS) is 11.1. The highest BCUT2D eigenvalue weighted by Crippen LogP contribution is 2.39. The largest absolute Gasteiger partial charge is 0.265 e. The SMILES string of the molecule is FC(F)c1ccc(-c2ccc(Cl)c(Cl)c2Cl)cc1Cl. The summed E-state index contributed by atoms with van der Waals surface area (Å²) in [6.07, 6.45) is -2.62. The number of benzene rings is 2. The number of rotatable bonds is 2. The fourth-order valence-electron chi connectivity index (χ4n) is 1.62. The molecule has 0 fully saturated rings. The molecule has 0 saturated heterocycles. The summed E-state index contributed by atoms with van der Waals surface area (Å²) >= 11 is 23.7. The van der Waals surface area contributed by atoms with Crippen molar-refractivity contribution in [2.75, 3.05) is 0 Å². The van der Waals surface area contributed by atoms with Crippen molar-refractivity contribution >= 4 is 46.4 Å². The van der Waals surface area contributed by atoms with Crippen LogP contribution in [0.15, 0.2) is 30.3 Å². The fourth-order valence-corrected chi connectivity index (χ4v) is 2.53. The van der Waals surface area contributed by atoms with Crippen molar-refractivity contribution in [1.82, 2.24) is 0 Å². The molecule has 0 radical (unpaired) electrons. The zero-order valence-electron chi connectivity index (χ0n) is 9.23. The Morgan fingerprint density at radius 2 is 1.47 bits per heavy atom. The minimum absolute atomic E-state index is 0.0189. The average molecular weight is 342 g/mol. The first-order chi connectivity index (χ1) is 8.91. The van der Waals surface area contributed by atoms with E-state index in [-0.39, 0.29) is 20.6 Å². The Hall–Kier alpha value is -0.540. The van der Waals surface area contributed by atoms with E-state index in [0.717, 1.165) is 0 Å². The van der Waals surface area contributed by atoms with Gasteiger partial charge in [0.05, 0.1) is 20.1 Å². The molecular formula is C13H6Cl4F2. The summed E-state index contributed by atoms with van der Waals surface area (Å²) in [5.74, 6) is 0. The van der Waals surface area contributed by atoms with E-state index < -0.39 is 6.43 Å². The van der Waals surface area contributed by atoms with Gasteiger partial charge in [0, 0.05) is 11.1 Å². The third-order valence-corrected chi connectivity index (χ3v) is 4.20. The highest BCUT2D eigenvalue weighted by atomic mass is 35.5. The molecule has 100 valence electrons. The third kappa shape index (κ3) is 2.97. The zero-order valence-corrected chi connectivity index (χ0v) is 12.3. The van der Waals surface area contributed by atoms with E-state index in [2.05, 4.69) is 0 Å². The molecule has 6 heteroatoms. The number of halogens is 6. The summed E-state index contributed by atoms with van der Waals surface area (Å²) in [7, 11) is 0. The van der Waals surface area contributed by atoms with Crippen molar-refractivity contribution in [2.45, 2.75) is 6.43 Å². The van der Waals surface area contributed by atoms with E-state index >= 15 is 0 Å². The molecule has 0 spiro atoms. The zero-order chi connectivity index (χ0) is 14.2. The van der Waals surface area contributed by atoms with E-state index in [1.165, 1.54) is 18.2 Å². The van der Waals surface area contributed by atoms with Crippen LogP contribution in [0.1, 0.15) is 12.0 Å². The number of hydrogen-bond donors (Lipinski definition) is 0. The summed E-state index contributed by atoms with van der Waals surface area (Å²) < 4.78 is 25.2. The van der Waals surface area contributed by atoms with Gasteiger partial charge in [-0.15, -0.1) is 0 Å². The minimum Gasteiger partial charge on any atom is -0.205 e. The first-order valence-electron chi connectivity index (χ1n) is 5.13. The molecule has 2 aromatic rings. The van der Waals surface area contributed by atoms with Gasteiger partial charge in [-0.05, 0) is 17.7 Å². The van der Waals surface area contributed by atoms with Gasteiger partial charge < -0.3 is 0 Å². The van der Waals surface area contributed by atoms with Crippen molar-refractivity contribution in [1.29, 1.82) is 0 Å². The Morgan fingerprint density at radius 3 is 2.05 bits per heavy atom. The maximum absolute atomic E-state index is 12.6. The Balaban J connectivity index is 2.55. The minimum atomic E-state index is -2.62. The molecule has 0 saturated carbocycles. The van der Waals surface area contributed by atoms with Crippen LogP contribution < -0.4 is 0 Å². The lowest BCUT2D eigenvalue weighted by atomic mass is 10.0.